The van der Waals surface area contributed by atoms with Gasteiger partial charge in [0.1, 0.15) is 5.56 Å². The lowest BCUT2D eigenvalue weighted by Gasteiger charge is -2.17. The zero-order chi connectivity index (χ0) is 17.6. The molecule has 0 aliphatic carbocycles. The number of hydrogen-bond acceptors (Lipinski definition) is 3. The van der Waals surface area contributed by atoms with Crippen LogP contribution in [0.1, 0.15) is 28.8 Å². The largest absolute Gasteiger partial charge is 0.347 e. The molecule has 2 N–H and O–H groups in total. The average molecular weight is 339 g/mol. The molecular weight excluding hydrogens is 318 g/mol. The smallest absolute Gasteiger partial charge is 0.260 e. The molecule has 6 nitrogen and oxygen atoms in total. The van der Waals surface area contributed by atoms with Crippen molar-refractivity contribution in [1.29, 1.82) is 0 Å². The minimum atomic E-state index is -0.439. The molecule has 1 aromatic carbocycles. The third kappa shape index (κ3) is 4.35. The van der Waals surface area contributed by atoms with Crippen molar-refractivity contribution in [2.75, 3.05) is 13.1 Å². The fraction of sp³-hybridized carbons (Fsp3) is 0.316. The lowest BCUT2D eigenvalue weighted by Crippen LogP contribution is -2.39. The van der Waals surface area contributed by atoms with Crippen molar-refractivity contribution in [2.45, 2.75) is 25.3 Å². The summed E-state index contributed by atoms with van der Waals surface area (Å²) < 4.78 is 0. The number of rotatable bonds is 6. The van der Waals surface area contributed by atoms with Gasteiger partial charge in [-0.25, -0.2) is 0 Å². The summed E-state index contributed by atoms with van der Waals surface area (Å²) in [6, 6.07) is 13.0. The van der Waals surface area contributed by atoms with Crippen LogP contribution in [0.4, 0.5) is 0 Å². The van der Waals surface area contributed by atoms with Gasteiger partial charge in [0, 0.05) is 25.7 Å². The summed E-state index contributed by atoms with van der Waals surface area (Å²) in [5.41, 5.74) is 0.892. The molecule has 0 bridgehead atoms. The van der Waals surface area contributed by atoms with Crippen LogP contribution in [0.3, 0.4) is 0 Å². The molecule has 2 aromatic rings. The Hall–Kier alpha value is -2.89. The van der Waals surface area contributed by atoms with E-state index in [9.17, 15) is 14.4 Å². The molecule has 25 heavy (non-hydrogen) atoms. The van der Waals surface area contributed by atoms with Crippen LogP contribution in [0.25, 0.3) is 0 Å². The zero-order valence-electron chi connectivity index (χ0n) is 13.9. The zero-order valence-corrected chi connectivity index (χ0v) is 13.9. The summed E-state index contributed by atoms with van der Waals surface area (Å²) >= 11 is 0. The van der Waals surface area contributed by atoms with Gasteiger partial charge in [0.25, 0.3) is 11.5 Å². The minimum absolute atomic E-state index is 0.0420. The van der Waals surface area contributed by atoms with Gasteiger partial charge in [-0.2, -0.15) is 0 Å². The van der Waals surface area contributed by atoms with Gasteiger partial charge in [-0.05, 0) is 30.5 Å². The fourth-order valence-corrected chi connectivity index (χ4v) is 3.07. The first-order valence-electron chi connectivity index (χ1n) is 8.44. The molecule has 0 saturated carbocycles. The standard InChI is InChI=1S/C19H21N3O3/c23-17-12-15(21-19(25)16-9-4-10-20-18(16)24)13-22(17)11-5-8-14-6-2-1-3-7-14/h1-4,6-7,9-10,15H,5,8,11-13H2,(H,20,24)(H,21,25)/t15-/m0/s1. The van der Waals surface area contributed by atoms with Gasteiger partial charge in [-0.15, -0.1) is 0 Å². The van der Waals surface area contributed by atoms with Gasteiger partial charge in [0.15, 0.2) is 0 Å². The second kappa shape index (κ2) is 7.79. The van der Waals surface area contributed by atoms with Gasteiger partial charge in [-0.1, -0.05) is 30.3 Å². The van der Waals surface area contributed by atoms with Crippen LogP contribution in [0.15, 0.2) is 53.5 Å². The molecule has 0 unspecified atom stereocenters. The summed E-state index contributed by atoms with van der Waals surface area (Å²) in [7, 11) is 0. The molecule has 0 radical (unpaired) electrons. The molecule has 1 aromatic heterocycles. The van der Waals surface area contributed by atoms with Gasteiger partial charge >= 0.3 is 0 Å². The topological polar surface area (TPSA) is 82.3 Å². The van der Waals surface area contributed by atoms with E-state index in [4.69, 9.17) is 0 Å². The Morgan fingerprint density at radius 2 is 1.96 bits per heavy atom. The van der Waals surface area contributed by atoms with E-state index in [1.54, 1.807) is 11.0 Å². The van der Waals surface area contributed by atoms with Gasteiger partial charge in [0.2, 0.25) is 5.91 Å². The third-order valence-corrected chi connectivity index (χ3v) is 4.35. The molecule has 1 saturated heterocycles. The van der Waals surface area contributed by atoms with Crippen molar-refractivity contribution in [3.05, 3.63) is 70.1 Å². The van der Waals surface area contributed by atoms with E-state index >= 15 is 0 Å². The molecule has 6 heteroatoms. The normalized spacial score (nSPS) is 16.9. The van der Waals surface area contributed by atoms with Crippen molar-refractivity contribution in [3.63, 3.8) is 0 Å². The highest BCUT2D eigenvalue weighted by molar-refractivity contribution is 5.94. The maximum absolute atomic E-state index is 12.2. The average Bonchev–Trinajstić information content (AvgIpc) is 2.95. The molecule has 1 aliphatic heterocycles. The van der Waals surface area contributed by atoms with E-state index in [1.165, 1.54) is 17.8 Å². The molecule has 0 spiro atoms. The van der Waals surface area contributed by atoms with E-state index in [0.29, 0.717) is 13.1 Å². The highest BCUT2D eigenvalue weighted by Crippen LogP contribution is 2.13. The number of aromatic amines is 1. The van der Waals surface area contributed by atoms with E-state index in [2.05, 4.69) is 22.4 Å². The van der Waals surface area contributed by atoms with Gasteiger partial charge < -0.3 is 15.2 Å². The molecule has 1 atom stereocenters. The maximum atomic E-state index is 12.2. The Bertz CT molecular complexity index is 801. The molecule has 1 aliphatic rings. The van der Waals surface area contributed by atoms with Gasteiger partial charge in [0.05, 0.1) is 6.04 Å². The van der Waals surface area contributed by atoms with Crippen molar-refractivity contribution in [2.24, 2.45) is 0 Å². The molecule has 2 heterocycles. The van der Waals surface area contributed by atoms with Crippen LogP contribution in [-0.2, 0) is 11.2 Å². The fourth-order valence-electron chi connectivity index (χ4n) is 3.07. The number of pyridine rings is 1. The van der Waals surface area contributed by atoms with E-state index in [-0.39, 0.29) is 23.9 Å². The second-order valence-corrected chi connectivity index (χ2v) is 6.22. The van der Waals surface area contributed by atoms with Crippen LogP contribution >= 0.6 is 0 Å². The van der Waals surface area contributed by atoms with E-state index in [1.807, 2.05) is 18.2 Å². The van der Waals surface area contributed by atoms with Crippen LogP contribution < -0.4 is 10.9 Å². The summed E-state index contributed by atoms with van der Waals surface area (Å²) in [6.45, 7) is 1.16. The summed E-state index contributed by atoms with van der Waals surface area (Å²) in [5, 5.41) is 2.78. The number of aromatic nitrogens is 1. The number of amides is 2. The second-order valence-electron chi connectivity index (χ2n) is 6.22. The van der Waals surface area contributed by atoms with Crippen LogP contribution in [-0.4, -0.2) is 40.8 Å². The molecule has 130 valence electrons. The molecular formula is C19H21N3O3. The lowest BCUT2D eigenvalue weighted by molar-refractivity contribution is -0.127. The van der Waals surface area contributed by atoms with Crippen LogP contribution in [0.2, 0.25) is 0 Å². The number of benzene rings is 1. The number of H-pyrrole nitrogens is 1. The first kappa shape index (κ1) is 17.0. The maximum Gasteiger partial charge on any atom is 0.260 e. The van der Waals surface area contributed by atoms with Crippen molar-refractivity contribution < 1.29 is 9.59 Å². The summed E-state index contributed by atoms with van der Waals surface area (Å²) in [5.74, 6) is -0.397. The van der Waals surface area contributed by atoms with Gasteiger partial charge in [-0.3, -0.25) is 14.4 Å². The number of nitrogens with one attached hydrogen (secondary N) is 2. The van der Waals surface area contributed by atoms with Crippen LogP contribution in [0, 0.1) is 0 Å². The highest BCUT2D eigenvalue weighted by Gasteiger charge is 2.30. The number of carbonyl (C=O) groups is 2. The van der Waals surface area contributed by atoms with Crippen molar-refractivity contribution in [1.82, 2.24) is 15.2 Å². The Morgan fingerprint density at radius 1 is 1.16 bits per heavy atom. The minimum Gasteiger partial charge on any atom is -0.347 e. The summed E-state index contributed by atoms with van der Waals surface area (Å²) in [6.07, 6.45) is 3.56. The Kier molecular flexibility index (Phi) is 5.28. The number of aryl methyl sites for hydroxylation is 1. The third-order valence-electron chi connectivity index (χ3n) is 4.35. The molecule has 3 rings (SSSR count). The number of hydrogen-bond donors (Lipinski definition) is 2. The first-order valence-corrected chi connectivity index (χ1v) is 8.44. The lowest BCUT2D eigenvalue weighted by atomic mass is 10.1. The summed E-state index contributed by atoms with van der Waals surface area (Å²) in [4.78, 5) is 40.2. The molecule has 1 fully saturated rings. The van der Waals surface area contributed by atoms with Crippen molar-refractivity contribution >= 4 is 11.8 Å². The molecule has 2 amide bonds. The van der Waals surface area contributed by atoms with E-state index in [0.717, 1.165) is 12.8 Å². The first-order chi connectivity index (χ1) is 12.1. The monoisotopic (exact) mass is 339 g/mol. The number of nitrogens with zero attached hydrogens (tertiary/aromatic N) is 1. The predicted octanol–water partition coefficient (Wildman–Crippen LogP) is 1.34. The highest BCUT2D eigenvalue weighted by atomic mass is 16.2. The van der Waals surface area contributed by atoms with E-state index < -0.39 is 11.5 Å². The van der Waals surface area contributed by atoms with Crippen molar-refractivity contribution in [3.8, 4) is 0 Å². The quantitative estimate of drug-likeness (QED) is 0.833. The number of likely N-dealkylation sites (tertiary alicyclic amines) is 1. The predicted molar refractivity (Wildman–Crippen MR) is 94.3 cm³/mol. The Morgan fingerprint density at radius 3 is 2.72 bits per heavy atom. The number of carbonyl (C=O) groups excluding carboxylic acids is 2. The van der Waals surface area contributed by atoms with Crippen LogP contribution in [0.5, 0.6) is 0 Å². The SMILES string of the molecule is O=C(N[C@H]1CC(=O)N(CCCc2ccccc2)C1)c1ccc[nH]c1=O. The Balaban J connectivity index is 1.49. The Labute approximate surface area is 145 Å².